The van der Waals surface area contributed by atoms with E-state index in [2.05, 4.69) is 34.9 Å². The number of rotatable bonds is 7. The third-order valence-corrected chi connectivity index (χ3v) is 6.07. The third-order valence-electron chi connectivity index (χ3n) is 4.41. The number of aryl methyl sites for hydroxylation is 2. The second-order valence-corrected chi connectivity index (χ2v) is 8.21. The summed E-state index contributed by atoms with van der Waals surface area (Å²) in [5, 5.41) is 0. The molecule has 0 unspecified atom stereocenters. The first-order valence-electron chi connectivity index (χ1n) is 8.96. The van der Waals surface area contributed by atoms with Gasteiger partial charge in [0.25, 0.3) is 5.91 Å². The van der Waals surface area contributed by atoms with E-state index in [0.29, 0.717) is 6.42 Å². The van der Waals surface area contributed by atoms with Gasteiger partial charge in [0.15, 0.2) is 4.80 Å². The molecule has 2 aromatic carbocycles. The molecule has 0 saturated heterocycles. The van der Waals surface area contributed by atoms with Gasteiger partial charge in [-0.05, 0) is 35.9 Å². The summed E-state index contributed by atoms with van der Waals surface area (Å²) < 4.78 is 8.59. The highest BCUT2D eigenvalue weighted by Crippen LogP contribution is 2.23. The number of amides is 1. The van der Waals surface area contributed by atoms with Crippen LogP contribution in [0.25, 0.3) is 10.2 Å². The van der Waals surface area contributed by atoms with Gasteiger partial charge in [-0.1, -0.05) is 42.5 Å². The number of ether oxygens (including phenoxy) is 1. The van der Waals surface area contributed by atoms with Crippen LogP contribution in [-0.2, 0) is 24.2 Å². The average Bonchev–Trinajstić information content (AvgIpc) is 3.02. The summed E-state index contributed by atoms with van der Waals surface area (Å²) in [6.07, 6.45) is 3.40. The van der Waals surface area contributed by atoms with E-state index in [9.17, 15) is 4.79 Å². The number of benzene rings is 2. The fraction of sp³-hybridized carbons (Fsp3) is 0.333. The molecular weight excluding hydrogens is 376 g/mol. The molecule has 0 bridgehead atoms. The molecule has 27 heavy (non-hydrogen) atoms. The molecule has 0 aliphatic carbocycles. The maximum atomic E-state index is 12.6. The zero-order chi connectivity index (χ0) is 19.2. The Labute approximate surface area is 167 Å². The van der Waals surface area contributed by atoms with Crippen molar-refractivity contribution in [1.82, 2.24) is 4.57 Å². The largest absolute Gasteiger partial charge is 0.497 e. The molecule has 1 heterocycles. The minimum atomic E-state index is -0.115. The summed E-state index contributed by atoms with van der Waals surface area (Å²) in [5.41, 5.74) is 3.34. The topological polar surface area (TPSA) is 43.6 Å². The van der Waals surface area contributed by atoms with Crippen LogP contribution < -0.4 is 9.54 Å². The minimum Gasteiger partial charge on any atom is -0.497 e. The van der Waals surface area contributed by atoms with Gasteiger partial charge in [-0.25, -0.2) is 0 Å². The van der Waals surface area contributed by atoms with Crippen molar-refractivity contribution in [3.63, 3.8) is 0 Å². The summed E-state index contributed by atoms with van der Waals surface area (Å²) in [6.45, 7) is 2.94. The van der Waals surface area contributed by atoms with Crippen LogP contribution in [-0.4, -0.2) is 29.6 Å². The number of aromatic nitrogens is 1. The molecule has 3 rings (SSSR count). The van der Waals surface area contributed by atoms with Crippen molar-refractivity contribution in [3.8, 4) is 5.75 Å². The summed E-state index contributed by atoms with van der Waals surface area (Å²) >= 11 is 3.33. The molecule has 0 saturated carbocycles. The van der Waals surface area contributed by atoms with Gasteiger partial charge in [0.2, 0.25) is 0 Å². The van der Waals surface area contributed by atoms with Gasteiger partial charge in [0.05, 0.1) is 23.7 Å². The smallest absolute Gasteiger partial charge is 0.252 e. The predicted octanol–water partition coefficient (Wildman–Crippen LogP) is 4.31. The quantitative estimate of drug-likeness (QED) is 0.594. The molecule has 142 valence electrons. The van der Waals surface area contributed by atoms with E-state index in [4.69, 9.17) is 4.74 Å². The molecule has 0 N–H and O–H groups in total. The third kappa shape index (κ3) is 4.82. The van der Waals surface area contributed by atoms with Crippen molar-refractivity contribution >= 4 is 39.2 Å². The van der Waals surface area contributed by atoms with Crippen molar-refractivity contribution in [2.75, 3.05) is 19.1 Å². The maximum Gasteiger partial charge on any atom is 0.252 e. The molecule has 1 amide bonds. The molecule has 0 aliphatic heterocycles. The van der Waals surface area contributed by atoms with Gasteiger partial charge >= 0.3 is 0 Å². The van der Waals surface area contributed by atoms with Crippen LogP contribution in [0.3, 0.4) is 0 Å². The molecule has 0 atom stereocenters. The Morgan fingerprint density at radius 3 is 2.59 bits per heavy atom. The van der Waals surface area contributed by atoms with Crippen LogP contribution in [0.5, 0.6) is 5.75 Å². The highest BCUT2D eigenvalue weighted by atomic mass is 32.2. The number of hydrogen-bond donors (Lipinski definition) is 0. The Balaban J connectivity index is 1.93. The van der Waals surface area contributed by atoms with Crippen molar-refractivity contribution < 1.29 is 9.53 Å². The van der Waals surface area contributed by atoms with Crippen LogP contribution in [0.4, 0.5) is 0 Å². The van der Waals surface area contributed by atoms with E-state index in [1.807, 2.05) is 30.3 Å². The normalized spacial score (nSPS) is 11.9. The van der Waals surface area contributed by atoms with Gasteiger partial charge in [-0.3, -0.25) is 4.79 Å². The lowest BCUT2D eigenvalue weighted by molar-refractivity contribution is -0.117. The summed E-state index contributed by atoms with van der Waals surface area (Å²) in [5.74, 6) is 1.66. The van der Waals surface area contributed by atoms with Gasteiger partial charge < -0.3 is 9.30 Å². The number of methoxy groups -OCH3 is 1. The molecular formula is C21H24N2O2S2. The van der Waals surface area contributed by atoms with E-state index >= 15 is 0 Å². The molecule has 4 nitrogen and oxygen atoms in total. The van der Waals surface area contributed by atoms with Gasteiger partial charge in [0, 0.05) is 18.4 Å². The minimum absolute atomic E-state index is 0.115. The number of carbonyl (C=O) groups excluding carboxylic acids is 1. The lowest BCUT2D eigenvalue weighted by Crippen LogP contribution is -2.18. The van der Waals surface area contributed by atoms with E-state index in [1.54, 1.807) is 30.2 Å². The van der Waals surface area contributed by atoms with E-state index < -0.39 is 0 Å². The molecule has 1 aromatic heterocycles. The van der Waals surface area contributed by atoms with Crippen LogP contribution in [0, 0.1) is 0 Å². The Morgan fingerprint density at radius 1 is 1.19 bits per heavy atom. The highest BCUT2D eigenvalue weighted by Gasteiger charge is 2.10. The second-order valence-electron chi connectivity index (χ2n) is 6.22. The van der Waals surface area contributed by atoms with Crippen LogP contribution >= 0.6 is 23.1 Å². The number of carbonyl (C=O) groups is 1. The van der Waals surface area contributed by atoms with Crippen molar-refractivity contribution in [1.29, 1.82) is 0 Å². The first-order chi connectivity index (χ1) is 13.1. The Bertz CT molecular complexity index is 988. The van der Waals surface area contributed by atoms with Crippen LogP contribution in [0.1, 0.15) is 18.1 Å². The van der Waals surface area contributed by atoms with Gasteiger partial charge in [0.1, 0.15) is 5.75 Å². The van der Waals surface area contributed by atoms with E-state index in [0.717, 1.165) is 45.0 Å². The lowest BCUT2D eigenvalue weighted by atomic mass is 10.1. The van der Waals surface area contributed by atoms with Gasteiger partial charge in [-0.15, -0.1) is 0 Å². The SMILES string of the molecule is CCc1ccc(CC(=O)N=c2sc3ccc(OC)cc3n2CCSC)cc1. The molecule has 3 aromatic rings. The average molecular weight is 401 g/mol. The summed E-state index contributed by atoms with van der Waals surface area (Å²) in [4.78, 5) is 17.7. The number of thioether (sulfide) groups is 1. The van der Waals surface area contributed by atoms with Crippen LogP contribution in [0.2, 0.25) is 0 Å². The molecule has 0 fully saturated rings. The predicted molar refractivity (Wildman–Crippen MR) is 115 cm³/mol. The fourth-order valence-electron chi connectivity index (χ4n) is 2.87. The van der Waals surface area contributed by atoms with Crippen molar-refractivity contribution in [2.24, 2.45) is 4.99 Å². The molecule has 0 spiro atoms. The molecule has 6 heteroatoms. The molecule has 0 aliphatic rings. The van der Waals surface area contributed by atoms with E-state index in [1.165, 1.54) is 5.56 Å². The second kappa shape index (κ2) is 9.24. The van der Waals surface area contributed by atoms with Crippen molar-refractivity contribution in [3.05, 3.63) is 58.4 Å². The maximum absolute atomic E-state index is 12.6. The lowest BCUT2D eigenvalue weighted by Gasteiger charge is -2.05. The summed E-state index contributed by atoms with van der Waals surface area (Å²) in [6, 6.07) is 14.2. The number of thiazole rings is 1. The first-order valence-corrected chi connectivity index (χ1v) is 11.2. The highest BCUT2D eigenvalue weighted by molar-refractivity contribution is 7.98. The monoisotopic (exact) mass is 400 g/mol. The molecule has 0 radical (unpaired) electrons. The standard InChI is InChI=1S/C21H24N2O2S2/c1-4-15-5-7-16(8-6-15)13-20(24)22-21-23(11-12-26-3)18-14-17(25-2)9-10-19(18)27-21/h5-10,14H,4,11-13H2,1-3H3. The zero-order valence-corrected chi connectivity index (χ0v) is 17.5. The van der Waals surface area contributed by atoms with Gasteiger partial charge in [-0.2, -0.15) is 16.8 Å². The van der Waals surface area contributed by atoms with E-state index in [-0.39, 0.29) is 5.91 Å². The Hall–Kier alpha value is -2.05. The Morgan fingerprint density at radius 2 is 1.93 bits per heavy atom. The van der Waals surface area contributed by atoms with Crippen LogP contribution in [0.15, 0.2) is 47.5 Å². The Kier molecular flexibility index (Phi) is 6.74. The zero-order valence-electron chi connectivity index (χ0n) is 15.9. The summed E-state index contributed by atoms with van der Waals surface area (Å²) in [7, 11) is 1.67. The van der Waals surface area contributed by atoms with Crippen molar-refractivity contribution in [2.45, 2.75) is 26.3 Å². The number of nitrogens with zero attached hydrogens (tertiary/aromatic N) is 2. The first kappa shape index (κ1) is 19.7. The fourth-order valence-corrected chi connectivity index (χ4v) is 4.29. The number of hydrogen-bond acceptors (Lipinski definition) is 4. The number of fused-ring (bicyclic) bond motifs is 1.